The number of hydrogen-bond acceptors (Lipinski definition) is 7. The van der Waals surface area contributed by atoms with Gasteiger partial charge in [-0.25, -0.2) is 0 Å². The van der Waals surface area contributed by atoms with E-state index in [1.165, 1.54) is 7.11 Å². The summed E-state index contributed by atoms with van der Waals surface area (Å²) in [6.45, 7) is 3.26. The first kappa shape index (κ1) is 37.3. The van der Waals surface area contributed by atoms with Crippen LogP contribution in [0.25, 0.3) is 0 Å². The molecule has 0 spiro atoms. The fourth-order valence-electron chi connectivity index (χ4n) is 2.16. The molecule has 2 amide bonds. The molecule has 0 fully saturated rings. The van der Waals surface area contributed by atoms with Crippen LogP contribution in [0.15, 0.2) is 45.3 Å². The molecule has 13 heteroatoms. The zero-order chi connectivity index (χ0) is 25.6. The van der Waals surface area contributed by atoms with Crippen LogP contribution in [0.1, 0.15) is 39.3 Å². The number of aliphatic carboxylic acids is 1. The van der Waals surface area contributed by atoms with E-state index in [9.17, 15) is 19.2 Å². The van der Waals surface area contributed by atoms with Crippen LogP contribution in [-0.4, -0.2) is 49.1 Å². The number of esters is 1. The summed E-state index contributed by atoms with van der Waals surface area (Å²) in [6, 6.07) is 10.3. The van der Waals surface area contributed by atoms with Crippen molar-refractivity contribution in [3.63, 3.8) is 0 Å². The van der Waals surface area contributed by atoms with Crippen molar-refractivity contribution in [2.45, 2.75) is 21.3 Å². The molecule has 2 aromatic rings. The van der Waals surface area contributed by atoms with Crippen molar-refractivity contribution in [2.24, 2.45) is 5.90 Å². The number of hydrogen-bond donors (Lipinski definition) is 4. The van der Waals surface area contributed by atoms with E-state index in [0.29, 0.717) is 11.1 Å². The largest absolute Gasteiger partial charge is 1.00 e. The minimum absolute atomic E-state index is 0. The van der Waals surface area contributed by atoms with Crippen LogP contribution in [-0.2, 0) is 14.3 Å². The van der Waals surface area contributed by atoms with Crippen LogP contribution in [0.5, 0.6) is 0 Å². The van der Waals surface area contributed by atoms with E-state index in [1.54, 1.807) is 36.4 Å². The Balaban J connectivity index is -0.000000519. The number of halogens is 2. The third-order valence-corrected chi connectivity index (χ3v) is 5.64. The molecule has 0 atom stereocenters. The average Bonchev–Trinajstić information content (AvgIpc) is 2.80. The molecule has 188 valence electrons. The number of nitrogens with one attached hydrogen (secondary N) is 2. The third kappa shape index (κ3) is 14.7. The van der Waals surface area contributed by atoms with Crippen LogP contribution in [0, 0.1) is 19.1 Å². The number of aryl methyl sites for hydroxylation is 2. The van der Waals surface area contributed by atoms with Crippen LogP contribution in [0.2, 0.25) is 0 Å². The van der Waals surface area contributed by atoms with Crippen molar-refractivity contribution >= 4 is 55.6 Å². The van der Waals surface area contributed by atoms with Gasteiger partial charge in [0.25, 0.3) is 11.8 Å². The minimum atomic E-state index is -1.06. The monoisotopic (exact) mass is 611 g/mol. The summed E-state index contributed by atoms with van der Waals surface area (Å²) in [6.07, 6.45) is 0. The van der Waals surface area contributed by atoms with Crippen LogP contribution in [0.4, 0.5) is 0 Å². The van der Waals surface area contributed by atoms with Crippen LogP contribution < -0.4 is 35.4 Å². The van der Waals surface area contributed by atoms with Gasteiger partial charge in [0.1, 0.15) is 13.1 Å². The molecule has 0 bridgehead atoms. The summed E-state index contributed by atoms with van der Waals surface area (Å²) in [5, 5.41) is 20.9. The number of rotatable bonds is 6. The van der Waals surface area contributed by atoms with Crippen molar-refractivity contribution in [3.05, 3.63) is 72.8 Å². The molecular formula is C22H28Br2LiN3O7. The summed E-state index contributed by atoms with van der Waals surface area (Å²) in [4.78, 5) is 44.1. The predicted molar refractivity (Wildman–Crippen MR) is 136 cm³/mol. The van der Waals surface area contributed by atoms with Gasteiger partial charge in [0.2, 0.25) is 0 Å². The number of ether oxygens (including phenoxy) is 1. The number of benzene rings is 2. The van der Waals surface area contributed by atoms with Crippen molar-refractivity contribution in [3.8, 4) is 0 Å². The Morgan fingerprint density at radius 1 is 0.886 bits per heavy atom. The number of methoxy groups -OCH3 is 1. The normalized spacial score (nSPS) is 8.77. The quantitative estimate of drug-likeness (QED) is 0.205. The molecule has 0 aromatic heterocycles. The second kappa shape index (κ2) is 20.0. The molecule has 0 saturated heterocycles. The van der Waals surface area contributed by atoms with Gasteiger partial charge in [-0.2, -0.15) is 0 Å². The van der Waals surface area contributed by atoms with Gasteiger partial charge in [0.05, 0.1) is 7.11 Å². The number of nitrogens with two attached hydrogens (primary N) is 1. The molecule has 0 unspecified atom stereocenters. The van der Waals surface area contributed by atoms with Gasteiger partial charge < -0.3 is 31.6 Å². The van der Waals surface area contributed by atoms with Crippen molar-refractivity contribution in [2.75, 3.05) is 20.2 Å². The summed E-state index contributed by atoms with van der Waals surface area (Å²) >= 11 is 6.66. The zero-order valence-electron chi connectivity index (χ0n) is 19.1. The SMILES string of the molecule is C.COC(=O)CNC(=O)c1ccc(Br)c(C)c1.Cc1cc(C(=O)NCC(=O)O)ccc1Br.N[O-].[Li+]. The van der Waals surface area contributed by atoms with E-state index < -0.39 is 11.9 Å². The van der Waals surface area contributed by atoms with Crippen LogP contribution in [0.3, 0.4) is 0 Å². The van der Waals surface area contributed by atoms with Crippen LogP contribution >= 0.6 is 31.9 Å². The number of carboxylic acids is 1. The molecule has 10 nitrogen and oxygen atoms in total. The first-order chi connectivity index (χ1) is 15.5. The van der Waals surface area contributed by atoms with Gasteiger partial charge >= 0.3 is 30.8 Å². The molecule has 0 aliphatic carbocycles. The fraction of sp³-hybridized carbons (Fsp3) is 0.273. The summed E-state index contributed by atoms with van der Waals surface area (Å²) in [7, 11) is 1.28. The smallest absolute Gasteiger partial charge is 0.790 e. The second-order valence-corrected chi connectivity index (χ2v) is 7.97. The maximum absolute atomic E-state index is 11.6. The first-order valence-corrected chi connectivity index (χ1v) is 10.7. The van der Waals surface area contributed by atoms with E-state index in [1.807, 2.05) is 13.8 Å². The van der Waals surface area contributed by atoms with Gasteiger partial charge in [0, 0.05) is 20.1 Å². The molecule has 35 heavy (non-hydrogen) atoms. The average molecular weight is 613 g/mol. The standard InChI is InChI=1S/C11H12BrNO3.C10H10BrNO3.CH4.Li.H2NO/c1-7-5-8(3-4-9(7)12)11(15)13-6-10(14)16-2;1-6-4-7(2-3-8(6)11)10(15)12-5-9(13)14;;;1-2/h3-5H,6H2,1-2H3,(H,13,15);2-4H,5H2,1H3,(H,12,15)(H,13,14);1H4;;1H2/q;;;+1;-1. The molecule has 2 rings (SSSR count). The molecule has 0 heterocycles. The molecule has 2 aromatic carbocycles. The summed E-state index contributed by atoms with van der Waals surface area (Å²) in [5.74, 6) is 1.05. The van der Waals surface area contributed by atoms with Crippen molar-refractivity contribution < 1.29 is 47.9 Å². The van der Waals surface area contributed by atoms with E-state index in [4.69, 9.17) is 10.3 Å². The zero-order valence-corrected chi connectivity index (χ0v) is 22.3. The van der Waals surface area contributed by atoms with Gasteiger partial charge in [-0.3, -0.25) is 19.2 Å². The van der Waals surface area contributed by atoms with Gasteiger partial charge in [-0.1, -0.05) is 39.3 Å². The van der Waals surface area contributed by atoms with Crippen molar-refractivity contribution in [1.82, 2.24) is 10.6 Å². The summed E-state index contributed by atoms with van der Waals surface area (Å²) < 4.78 is 6.27. The molecule has 0 aliphatic rings. The van der Waals surface area contributed by atoms with Gasteiger partial charge in [-0.15, -0.1) is 0 Å². The molecule has 0 radical (unpaired) electrons. The maximum Gasteiger partial charge on any atom is 1.00 e. The minimum Gasteiger partial charge on any atom is -0.790 e. The Kier molecular flexibility index (Phi) is 21.4. The first-order valence-electron chi connectivity index (χ1n) is 9.16. The number of carbonyl (C=O) groups is 4. The topological polar surface area (TPSA) is 171 Å². The Bertz CT molecular complexity index is 992. The Hall–Kier alpha value is -2.20. The van der Waals surface area contributed by atoms with Gasteiger partial charge in [0.15, 0.2) is 0 Å². The van der Waals surface area contributed by atoms with E-state index in [2.05, 4.69) is 53.1 Å². The predicted octanol–water partition coefficient (Wildman–Crippen LogP) is 0.315. The van der Waals surface area contributed by atoms with Gasteiger partial charge in [-0.05, 0) is 61.4 Å². The Labute approximate surface area is 233 Å². The third-order valence-electron chi connectivity index (χ3n) is 3.86. The Morgan fingerprint density at radius 3 is 1.57 bits per heavy atom. The summed E-state index contributed by atoms with van der Waals surface area (Å²) in [5.41, 5.74) is 2.87. The molecule has 0 saturated carbocycles. The number of carboxylic acid groups (broad SMARTS) is 1. The second-order valence-electron chi connectivity index (χ2n) is 6.26. The number of amides is 2. The van der Waals surface area contributed by atoms with E-state index >= 15 is 0 Å². The molecule has 5 N–H and O–H groups in total. The molecular weight excluding hydrogens is 585 g/mol. The number of carbonyl (C=O) groups excluding carboxylic acids is 3. The van der Waals surface area contributed by atoms with E-state index in [-0.39, 0.29) is 51.2 Å². The van der Waals surface area contributed by atoms with E-state index in [0.717, 1.165) is 20.1 Å². The fourth-order valence-corrected chi connectivity index (χ4v) is 2.65. The maximum atomic E-state index is 11.6. The Morgan fingerprint density at radius 2 is 1.26 bits per heavy atom. The molecule has 0 aliphatic heterocycles. The van der Waals surface area contributed by atoms with Crippen molar-refractivity contribution in [1.29, 1.82) is 0 Å².